The van der Waals surface area contributed by atoms with Crippen LogP contribution in [0.25, 0.3) is 0 Å². The van der Waals surface area contributed by atoms with E-state index >= 15 is 0 Å². The lowest BCUT2D eigenvalue weighted by Crippen LogP contribution is -2.61. The van der Waals surface area contributed by atoms with Crippen LogP contribution in [-0.2, 0) is 20.9 Å². The molecule has 0 atom stereocenters. The van der Waals surface area contributed by atoms with Crippen molar-refractivity contribution < 1.29 is 19.1 Å². The van der Waals surface area contributed by atoms with Crippen molar-refractivity contribution >= 4 is 17.9 Å². The number of allylic oxidation sites excluding steroid dienone is 2. The topological polar surface area (TPSA) is 79.0 Å². The summed E-state index contributed by atoms with van der Waals surface area (Å²) < 4.78 is 5.64. The van der Waals surface area contributed by atoms with Crippen LogP contribution < -0.4 is 5.32 Å². The monoisotopic (exact) mass is 451 g/mol. The van der Waals surface area contributed by atoms with E-state index in [0.717, 1.165) is 43.2 Å². The number of urea groups is 1. The smallest absolute Gasteiger partial charge is 0.332 e. The van der Waals surface area contributed by atoms with Gasteiger partial charge in [-0.05, 0) is 31.2 Å². The molecule has 0 radical (unpaired) electrons. The van der Waals surface area contributed by atoms with E-state index in [1.807, 2.05) is 48.6 Å². The number of rotatable bonds is 5. The first kappa shape index (κ1) is 23.1. The number of carbonyl (C=O) groups is 3. The highest BCUT2D eigenvalue weighted by molar-refractivity contribution is 5.96. The van der Waals surface area contributed by atoms with Crippen LogP contribution in [0.2, 0.25) is 0 Å². The van der Waals surface area contributed by atoms with Gasteiger partial charge in [0.2, 0.25) is 0 Å². The Morgan fingerprint density at radius 2 is 1.61 bits per heavy atom. The summed E-state index contributed by atoms with van der Waals surface area (Å²) in [6, 6.07) is 9.32. The van der Waals surface area contributed by atoms with Gasteiger partial charge in [-0.15, -0.1) is 0 Å². The van der Waals surface area contributed by atoms with Crippen molar-refractivity contribution in [3.63, 3.8) is 0 Å². The summed E-state index contributed by atoms with van der Waals surface area (Å²) in [4.78, 5) is 42.4. The molecule has 7 heteroatoms. The molecule has 1 N–H and O–H groups in total. The summed E-state index contributed by atoms with van der Waals surface area (Å²) in [6.07, 6.45) is 11.7. The molecule has 2 aliphatic carbocycles. The summed E-state index contributed by atoms with van der Waals surface area (Å²) in [5.41, 5.74) is 0.683. The van der Waals surface area contributed by atoms with Crippen molar-refractivity contribution in [2.75, 3.05) is 26.2 Å². The first-order valence-corrected chi connectivity index (χ1v) is 12.0. The van der Waals surface area contributed by atoms with Crippen molar-refractivity contribution in [3.05, 3.63) is 59.7 Å². The van der Waals surface area contributed by atoms with Gasteiger partial charge in [-0.25, -0.2) is 9.59 Å². The van der Waals surface area contributed by atoms with Crippen LogP contribution in [0.4, 0.5) is 4.79 Å². The molecule has 0 bridgehead atoms. The molecule has 1 saturated carbocycles. The lowest BCUT2D eigenvalue weighted by Gasteiger charge is -2.40. The molecule has 176 valence electrons. The molecule has 1 aliphatic heterocycles. The molecule has 1 aromatic rings. The second-order valence-electron chi connectivity index (χ2n) is 9.05. The fourth-order valence-electron chi connectivity index (χ4n) is 4.75. The molecule has 0 aromatic heterocycles. The number of esters is 1. The Labute approximate surface area is 195 Å². The van der Waals surface area contributed by atoms with Gasteiger partial charge in [-0.2, -0.15) is 0 Å². The number of amides is 3. The van der Waals surface area contributed by atoms with E-state index in [1.54, 1.807) is 9.80 Å². The van der Waals surface area contributed by atoms with Crippen molar-refractivity contribution in [3.8, 4) is 0 Å². The van der Waals surface area contributed by atoms with Gasteiger partial charge in [-0.3, -0.25) is 4.79 Å². The quantitative estimate of drug-likeness (QED) is 0.695. The summed E-state index contributed by atoms with van der Waals surface area (Å²) in [5, 5.41) is 3.03. The Bertz CT molecular complexity index is 911. The van der Waals surface area contributed by atoms with Crippen LogP contribution in [0, 0.1) is 0 Å². The SMILES string of the molecule is O=C(NC1(C(=O)OCc2ccccc2)CCCCC1)N1CCN(C(=O)C2=CCCC=C2)CC1. The van der Waals surface area contributed by atoms with Crippen LogP contribution in [0.5, 0.6) is 0 Å². The summed E-state index contributed by atoms with van der Waals surface area (Å²) in [7, 11) is 0. The van der Waals surface area contributed by atoms with Gasteiger partial charge < -0.3 is 19.9 Å². The van der Waals surface area contributed by atoms with E-state index in [1.165, 1.54) is 0 Å². The maximum absolute atomic E-state index is 13.1. The molecule has 2 fully saturated rings. The maximum atomic E-state index is 13.1. The maximum Gasteiger partial charge on any atom is 0.332 e. The highest BCUT2D eigenvalue weighted by Crippen LogP contribution is 2.30. The van der Waals surface area contributed by atoms with Gasteiger partial charge in [0.15, 0.2) is 0 Å². The Morgan fingerprint density at radius 1 is 0.909 bits per heavy atom. The van der Waals surface area contributed by atoms with Crippen molar-refractivity contribution in [1.82, 2.24) is 15.1 Å². The second kappa shape index (κ2) is 10.7. The number of piperazine rings is 1. The van der Waals surface area contributed by atoms with E-state index in [4.69, 9.17) is 4.74 Å². The zero-order valence-corrected chi connectivity index (χ0v) is 19.1. The number of carbonyl (C=O) groups excluding carboxylic acids is 3. The number of hydrogen-bond acceptors (Lipinski definition) is 4. The summed E-state index contributed by atoms with van der Waals surface area (Å²) >= 11 is 0. The summed E-state index contributed by atoms with van der Waals surface area (Å²) in [6.45, 7) is 2.07. The first-order valence-electron chi connectivity index (χ1n) is 12.0. The zero-order valence-electron chi connectivity index (χ0n) is 19.1. The lowest BCUT2D eigenvalue weighted by molar-refractivity contribution is -0.154. The minimum Gasteiger partial charge on any atom is -0.459 e. The Balaban J connectivity index is 1.33. The number of nitrogens with zero attached hydrogens (tertiary/aromatic N) is 2. The van der Waals surface area contributed by atoms with E-state index in [-0.39, 0.29) is 24.5 Å². The van der Waals surface area contributed by atoms with Gasteiger partial charge in [0.1, 0.15) is 12.1 Å². The molecule has 0 spiro atoms. The largest absolute Gasteiger partial charge is 0.459 e. The molecule has 3 amide bonds. The van der Waals surface area contributed by atoms with Crippen LogP contribution in [0.3, 0.4) is 0 Å². The number of nitrogens with one attached hydrogen (secondary N) is 1. The second-order valence-corrected chi connectivity index (χ2v) is 9.05. The van der Waals surface area contributed by atoms with Gasteiger partial charge >= 0.3 is 12.0 Å². The van der Waals surface area contributed by atoms with Gasteiger partial charge in [0.05, 0.1) is 0 Å². The van der Waals surface area contributed by atoms with E-state index in [9.17, 15) is 14.4 Å². The molecule has 1 aromatic carbocycles. The fourth-order valence-corrected chi connectivity index (χ4v) is 4.75. The standard InChI is InChI=1S/C26H33N3O4/c30-23(22-12-6-2-7-13-22)28-16-18-29(19-17-28)25(32)27-26(14-8-3-9-15-26)24(31)33-20-21-10-4-1-5-11-21/h1,4-6,10-13H,2-3,7-9,14-20H2,(H,27,32). The van der Waals surface area contributed by atoms with E-state index < -0.39 is 5.54 Å². The molecule has 1 saturated heterocycles. The van der Waals surface area contributed by atoms with Crippen molar-refractivity contribution in [2.45, 2.75) is 57.1 Å². The van der Waals surface area contributed by atoms with Gasteiger partial charge in [0.25, 0.3) is 5.91 Å². The highest BCUT2D eigenvalue weighted by Gasteiger charge is 2.43. The van der Waals surface area contributed by atoms with Gasteiger partial charge in [0, 0.05) is 31.8 Å². The van der Waals surface area contributed by atoms with E-state index in [0.29, 0.717) is 39.0 Å². The fraction of sp³-hybridized carbons (Fsp3) is 0.500. The molecule has 0 unspecified atom stereocenters. The predicted molar refractivity (Wildman–Crippen MR) is 125 cm³/mol. The van der Waals surface area contributed by atoms with Crippen LogP contribution in [0.1, 0.15) is 50.5 Å². The van der Waals surface area contributed by atoms with Crippen LogP contribution in [-0.4, -0.2) is 59.4 Å². The minimum absolute atomic E-state index is 0.0271. The normalized spacial score (nSPS) is 20.1. The zero-order chi connectivity index (χ0) is 23.1. The average Bonchev–Trinajstić information content (AvgIpc) is 2.88. The third-order valence-electron chi connectivity index (χ3n) is 6.75. The minimum atomic E-state index is -0.977. The van der Waals surface area contributed by atoms with Crippen LogP contribution >= 0.6 is 0 Å². The Kier molecular flexibility index (Phi) is 7.47. The van der Waals surface area contributed by atoms with Crippen molar-refractivity contribution in [1.29, 1.82) is 0 Å². The van der Waals surface area contributed by atoms with E-state index in [2.05, 4.69) is 5.32 Å². The molecule has 1 heterocycles. The van der Waals surface area contributed by atoms with Crippen molar-refractivity contribution in [2.24, 2.45) is 0 Å². The molecular weight excluding hydrogens is 418 g/mol. The third-order valence-corrected chi connectivity index (χ3v) is 6.75. The lowest BCUT2D eigenvalue weighted by atomic mass is 9.81. The third kappa shape index (κ3) is 5.64. The predicted octanol–water partition coefficient (Wildman–Crippen LogP) is 3.56. The summed E-state index contributed by atoms with van der Waals surface area (Å²) in [5.74, 6) is -0.330. The first-order chi connectivity index (χ1) is 16.1. The molecular formula is C26H33N3O4. The van der Waals surface area contributed by atoms with Gasteiger partial charge in [-0.1, -0.05) is 67.8 Å². The molecule has 4 rings (SSSR count). The molecule has 7 nitrogen and oxygen atoms in total. The van der Waals surface area contributed by atoms with Crippen LogP contribution in [0.15, 0.2) is 54.1 Å². The Hall–Kier alpha value is -3.09. The Morgan fingerprint density at radius 3 is 2.27 bits per heavy atom. The molecule has 3 aliphatic rings. The number of hydrogen-bond donors (Lipinski definition) is 1. The molecule has 33 heavy (non-hydrogen) atoms. The average molecular weight is 452 g/mol. The number of benzene rings is 1. The highest BCUT2D eigenvalue weighted by atomic mass is 16.5. The number of ether oxygens (including phenoxy) is 1.